The van der Waals surface area contributed by atoms with E-state index >= 15 is 0 Å². The highest BCUT2D eigenvalue weighted by molar-refractivity contribution is 9.10. The molecule has 0 bridgehead atoms. The van der Waals surface area contributed by atoms with Crippen LogP contribution in [-0.2, 0) is 9.84 Å². The highest BCUT2D eigenvalue weighted by atomic mass is 79.9. The first kappa shape index (κ1) is 13.9. The third-order valence-electron chi connectivity index (χ3n) is 3.29. The lowest BCUT2D eigenvalue weighted by Gasteiger charge is -2.23. The van der Waals surface area contributed by atoms with Gasteiger partial charge in [0.25, 0.3) is 0 Å². The van der Waals surface area contributed by atoms with E-state index in [0.29, 0.717) is 9.37 Å². The van der Waals surface area contributed by atoms with Crippen LogP contribution in [0.1, 0.15) is 25.7 Å². The first-order valence-electron chi connectivity index (χ1n) is 6.23. The topological polar surface area (TPSA) is 37.4 Å². The van der Waals surface area contributed by atoms with Crippen molar-refractivity contribution in [2.75, 3.05) is 24.2 Å². The minimum atomic E-state index is -3.15. The molecule has 1 saturated heterocycles. The normalized spacial score (nSPS) is 17.6. The van der Waals surface area contributed by atoms with Crippen molar-refractivity contribution in [1.82, 2.24) is 0 Å². The van der Waals surface area contributed by atoms with Crippen molar-refractivity contribution in [3.05, 3.63) is 22.7 Å². The van der Waals surface area contributed by atoms with E-state index in [9.17, 15) is 8.42 Å². The van der Waals surface area contributed by atoms with Gasteiger partial charge in [-0.15, -0.1) is 0 Å². The number of nitrogens with zero attached hydrogens (tertiary/aromatic N) is 1. The minimum absolute atomic E-state index is 0.362. The molecule has 18 heavy (non-hydrogen) atoms. The molecule has 0 atom stereocenters. The fraction of sp³-hybridized carbons (Fsp3) is 0.538. The average Bonchev–Trinajstić information content (AvgIpc) is 2.55. The summed E-state index contributed by atoms with van der Waals surface area (Å²) in [5.74, 6) is 0. The van der Waals surface area contributed by atoms with Crippen LogP contribution in [0, 0.1) is 0 Å². The van der Waals surface area contributed by atoms with Gasteiger partial charge in [0.2, 0.25) is 0 Å². The van der Waals surface area contributed by atoms with E-state index in [2.05, 4.69) is 20.8 Å². The van der Waals surface area contributed by atoms with Crippen molar-refractivity contribution in [3.8, 4) is 0 Å². The smallest absolute Gasteiger partial charge is 0.176 e. The van der Waals surface area contributed by atoms with Crippen LogP contribution in [0.4, 0.5) is 5.69 Å². The SMILES string of the molecule is CS(=O)(=O)c1ccc(N2CCCCCC2)cc1Br. The van der Waals surface area contributed by atoms with Crippen molar-refractivity contribution in [2.24, 2.45) is 0 Å². The maximum atomic E-state index is 11.6. The van der Waals surface area contributed by atoms with E-state index in [-0.39, 0.29) is 0 Å². The molecule has 100 valence electrons. The number of anilines is 1. The fourth-order valence-corrected chi connectivity index (χ4v) is 4.29. The van der Waals surface area contributed by atoms with Gasteiger partial charge in [-0.2, -0.15) is 0 Å². The molecule has 1 aromatic carbocycles. The molecule has 0 N–H and O–H groups in total. The fourth-order valence-electron chi connectivity index (χ4n) is 2.32. The summed E-state index contributed by atoms with van der Waals surface area (Å²) in [6.07, 6.45) is 6.24. The van der Waals surface area contributed by atoms with Gasteiger partial charge in [-0.1, -0.05) is 12.8 Å². The molecule has 0 aromatic heterocycles. The second-order valence-corrected chi connectivity index (χ2v) is 7.63. The maximum absolute atomic E-state index is 11.6. The molecule has 2 rings (SSSR count). The Kier molecular flexibility index (Phi) is 4.33. The van der Waals surface area contributed by atoms with Crippen LogP contribution in [0.2, 0.25) is 0 Å². The molecule has 1 aliphatic heterocycles. The summed E-state index contributed by atoms with van der Waals surface area (Å²) >= 11 is 3.36. The highest BCUT2D eigenvalue weighted by Gasteiger charge is 2.15. The van der Waals surface area contributed by atoms with Crippen LogP contribution in [0.15, 0.2) is 27.6 Å². The molecule has 0 amide bonds. The molecule has 1 heterocycles. The molecule has 1 fully saturated rings. The monoisotopic (exact) mass is 331 g/mol. The molecule has 0 aliphatic carbocycles. The Bertz CT molecular complexity index is 520. The van der Waals surface area contributed by atoms with Crippen LogP contribution in [-0.4, -0.2) is 27.8 Å². The maximum Gasteiger partial charge on any atom is 0.176 e. The van der Waals surface area contributed by atoms with E-state index in [0.717, 1.165) is 18.8 Å². The van der Waals surface area contributed by atoms with Crippen LogP contribution < -0.4 is 4.90 Å². The Morgan fingerprint density at radius 2 is 1.72 bits per heavy atom. The predicted molar refractivity (Wildman–Crippen MR) is 77.9 cm³/mol. The molecule has 5 heteroatoms. The second kappa shape index (κ2) is 5.61. The zero-order valence-corrected chi connectivity index (χ0v) is 12.9. The highest BCUT2D eigenvalue weighted by Crippen LogP contribution is 2.28. The Balaban J connectivity index is 2.28. The molecular formula is C13H18BrNO2S. The van der Waals surface area contributed by atoms with Crippen LogP contribution in [0.5, 0.6) is 0 Å². The number of hydrogen-bond donors (Lipinski definition) is 0. The quantitative estimate of drug-likeness (QED) is 0.834. The van der Waals surface area contributed by atoms with Crippen molar-refractivity contribution >= 4 is 31.5 Å². The molecule has 0 saturated carbocycles. The Morgan fingerprint density at radius 1 is 1.11 bits per heavy atom. The van der Waals surface area contributed by atoms with Gasteiger partial charge in [0.05, 0.1) is 4.90 Å². The molecule has 1 aliphatic rings. The third-order valence-corrected chi connectivity index (χ3v) is 5.36. The van der Waals surface area contributed by atoms with E-state index < -0.39 is 9.84 Å². The second-order valence-electron chi connectivity index (χ2n) is 4.79. The zero-order chi connectivity index (χ0) is 13.2. The lowest BCUT2D eigenvalue weighted by Crippen LogP contribution is -2.23. The van der Waals surface area contributed by atoms with E-state index in [1.807, 2.05) is 12.1 Å². The summed E-state index contributed by atoms with van der Waals surface area (Å²) in [6.45, 7) is 2.12. The summed E-state index contributed by atoms with van der Waals surface area (Å²) in [5.41, 5.74) is 1.11. The Labute approximate surface area is 117 Å². The number of hydrogen-bond acceptors (Lipinski definition) is 3. The zero-order valence-electron chi connectivity index (χ0n) is 10.5. The Hall–Kier alpha value is -0.550. The summed E-state index contributed by atoms with van der Waals surface area (Å²) < 4.78 is 23.8. The largest absolute Gasteiger partial charge is 0.372 e. The van der Waals surface area contributed by atoms with E-state index in [1.54, 1.807) is 6.07 Å². The van der Waals surface area contributed by atoms with Crippen LogP contribution in [0.3, 0.4) is 0 Å². The van der Waals surface area contributed by atoms with Gasteiger partial charge in [-0.3, -0.25) is 0 Å². The summed E-state index contributed by atoms with van der Waals surface area (Å²) in [5, 5.41) is 0. The first-order chi connectivity index (χ1) is 8.48. The van der Waals surface area contributed by atoms with Crippen molar-refractivity contribution in [2.45, 2.75) is 30.6 Å². The lowest BCUT2D eigenvalue weighted by atomic mass is 10.2. The minimum Gasteiger partial charge on any atom is -0.372 e. The van der Waals surface area contributed by atoms with Crippen LogP contribution in [0.25, 0.3) is 0 Å². The first-order valence-corrected chi connectivity index (χ1v) is 8.91. The van der Waals surface area contributed by atoms with Crippen molar-refractivity contribution in [3.63, 3.8) is 0 Å². The van der Waals surface area contributed by atoms with Crippen LogP contribution >= 0.6 is 15.9 Å². The molecule has 0 spiro atoms. The van der Waals surface area contributed by atoms with E-state index in [4.69, 9.17) is 0 Å². The van der Waals surface area contributed by atoms with Gasteiger partial charge in [0.15, 0.2) is 9.84 Å². The molecule has 0 radical (unpaired) electrons. The predicted octanol–water partition coefficient (Wildman–Crippen LogP) is 3.23. The van der Waals surface area contributed by atoms with Gasteiger partial charge in [0.1, 0.15) is 0 Å². The summed E-state index contributed by atoms with van der Waals surface area (Å²) in [7, 11) is -3.15. The van der Waals surface area contributed by atoms with Gasteiger partial charge >= 0.3 is 0 Å². The Morgan fingerprint density at radius 3 is 2.22 bits per heavy atom. The van der Waals surface area contributed by atoms with Gasteiger partial charge in [-0.25, -0.2) is 8.42 Å². The van der Waals surface area contributed by atoms with Crippen molar-refractivity contribution in [1.29, 1.82) is 0 Å². The number of halogens is 1. The third kappa shape index (κ3) is 3.26. The van der Waals surface area contributed by atoms with Gasteiger partial charge in [-0.05, 0) is 47.0 Å². The number of rotatable bonds is 2. The lowest BCUT2D eigenvalue weighted by molar-refractivity contribution is 0.601. The molecule has 1 aromatic rings. The average molecular weight is 332 g/mol. The number of sulfone groups is 1. The van der Waals surface area contributed by atoms with E-state index in [1.165, 1.54) is 31.9 Å². The summed E-state index contributed by atoms with van der Waals surface area (Å²) in [6, 6.07) is 5.52. The van der Waals surface area contributed by atoms with Gasteiger partial charge in [0, 0.05) is 29.5 Å². The molecular weight excluding hydrogens is 314 g/mol. The summed E-state index contributed by atoms with van der Waals surface area (Å²) in [4.78, 5) is 2.70. The molecule has 0 unspecified atom stereocenters. The van der Waals surface area contributed by atoms with Gasteiger partial charge < -0.3 is 4.90 Å². The van der Waals surface area contributed by atoms with Crippen molar-refractivity contribution < 1.29 is 8.42 Å². The number of benzene rings is 1. The molecule has 3 nitrogen and oxygen atoms in total. The standard InChI is InChI=1S/C13H18BrNO2S/c1-18(16,17)13-7-6-11(10-12(13)14)15-8-4-2-3-5-9-15/h6-7,10H,2-5,8-9H2,1H3.